The molecular formula is C54H76N2O18S2. The zero-order chi connectivity index (χ0) is 55.0. The number of benzene rings is 2. The summed E-state index contributed by atoms with van der Waals surface area (Å²) in [5.41, 5.74) is 5.31. The second-order valence-electron chi connectivity index (χ2n) is 18.1. The van der Waals surface area contributed by atoms with Gasteiger partial charge in [0.1, 0.15) is 17.6 Å². The van der Waals surface area contributed by atoms with Crippen LogP contribution in [0.15, 0.2) is 107 Å². The Morgan fingerprint density at radius 1 is 0.776 bits per heavy atom. The highest BCUT2D eigenvalue weighted by atomic mass is 32.2. The first-order chi connectivity index (χ1) is 36.5. The van der Waals surface area contributed by atoms with Gasteiger partial charge in [0.05, 0.1) is 110 Å². The third-order valence-electron chi connectivity index (χ3n) is 12.7. The molecule has 0 radical (unpaired) electrons. The largest absolute Gasteiger partial charge is 0.497 e. The van der Waals surface area contributed by atoms with Crippen LogP contribution in [0.2, 0.25) is 0 Å². The molecule has 2 atom stereocenters. The van der Waals surface area contributed by atoms with Crippen molar-refractivity contribution in [2.24, 2.45) is 0 Å². The lowest BCUT2D eigenvalue weighted by Gasteiger charge is -2.33. The average Bonchev–Trinajstić information content (AvgIpc) is 3.66. The number of carbonyl (C=O) groups is 1. The lowest BCUT2D eigenvalue weighted by Crippen LogP contribution is -2.33. The Labute approximate surface area is 448 Å². The number of aryl methyl sites for hydroxylation is 1. The van der Waals surface area contributed by atoms with Crippen molar-refractivity contribution in [3.05, 3.63) is 118 Å². The summed E-state index contributed by atoms with van der Waals surface area (Å²) in [4.78, 5) is 15.4. The summed E-state index contributed by atoms with van der Waals surface area (Å²) in [7, 11) is -4.09. The predicted molar refractivity (Wildman–Crippen MR) is 286 cm³/mol. The molecule has 0 saturated carbocycles. The number of fused-ring (bicyclic) bond motifs is 2. The zero-order valence-corrected chi connectivity index (χ0v) is 45.9. The van der Waals surface area contributed by atoms with Crippen LogP contribution in [0.1, 0.15) is 49.3 Å². The molecule has 422 valence electrons. The summed E-state index contributed by atoms with van der Waals surface area (Å²) in [5.74, 6) is -0.327. The maximum Gasteiger partial charge on any atom is 0.303 e. The smallest absolute Gasteiger partial charge is 0.303 e. The van der Waals surface area contributed by atoms with Gasteiger partial charge >= 0.3 is 5.97 Å². The molecule has 20 nitrogen and oxygen atoms in total. The molecule has 2 aromatic carbocycles. The molecule has 0 amide bonds. The summed E-state index contributed by atoms with van der Waals surface area (Å²) < 4.78 is 125. The Kier molecular flexibility index (Phi) is 25.6. The van der Waals surface area contributed by atoms with Crippen molar-refractivity contribution < 1.29 is 83.2 Å². The van der Waals surface area contributed by atoms with Crippen LogP contribution in [0, 0.1) is 6.92 Å². The molecule has 0 spiro atoms. The van der Waals surface area contributed by atoms with Crippen LogP contribution in [-0.4, -0.2) is 187 Å². The van der Waals surface area contributed by atoms with E-state index in [2.05, 4.69) is 23.1 Å². The maximum atomic E-state index is 12.4. The predicted octanol–water partition coefficient (Wildman–Crippen LogP) is 6.19. The van der Waals surface area contributed by atoms with Crippen molar-refractivity contribution in [3.8, 4) is 5.75 Å². The van der Waals surface area contributed by atoms with Crippen molar-refractivity contribution in [2.75, 3.05) is 144 Å². The number of ether oxygens (including phenoxy) is 10. The SMILES string of the molecule is COCCOCCOCCOCCN(CCOCCOCCOCCOC)C1=CC2OC(C=CC=C3N(CCCS(=O)(=O)O)c4ccc(S(=O)(=O)O)cc4C3(C)CCCC(=O)O)=CC(c3ccc(OC)cc3C)=C2C=C1. The Hall–Kier alpha value is -4.95. The van der Waals surface area contributed by atoms with Crippen LogP contribution in [0.3, 0.4) is 0 Å². The van der Waals surface area contributed by atoms with Crippen LogP contribution in [0.25, 0.3) is 5.57 Å². The third-order valence-corrected chi connectivity index (χ3v) is 14.4. The number of allylic oxidation sites excluding steroid dienone is 7. The van der Waals surface area contributed by atoms with Crippen molar-refractivity contribution in [1.82, 2.24) is 4.90 Å². The van der Waals surface area contributed by atoms with Gasteiger partial charge in [-0.15, -0.1) is 0 Å². The minimum absolute atomic E-state index is 0.0106. The highest BCUT2D eigenvalue weighted by Crippen LogP contribution is 2.51. The van der Waals surface area contributed by atoms with E-state index in [9.17, 15) is 35.8 Å². The molecule has 1 aliphatic carbocycles. The third kappa shape index (κ3) is 19.5. The number of hydrogen-bond acceptors (Lipinski definition) is 17. The minimum Gasteiger partial charge on any atom is -0.497 e. The molecule has 2 heterocycles. The number of hydrogen-bond donors (Lipinski definition) is 3. The summed E-state index contributed by atoms with van der Waals surface area (Å²) in [6.45, 7) is 11.3. The molecule has 3 aliphatic rings. The minimum atomic E-state index is -4.63. The molecule has 5 rings (SSSR count). The standard InChI is InChI=1S/C54H76N2O18S2/c1-41-37-43(67-5)13-16-46(41)48-39-44(9-6-10-52-54(2,18-7-11-53(57)58)49-40-45(76(62,63)64)14-17-50(49)56(52)19-8-36-75(59,60)61)74-51-38-42(12-15-47(48)51)55(20-22-68-28-30-72-34-32-70-26-24-65-3)21-23-69-29-31-73-35-33-71-27-25-66-4/h6,9-10,12-17,37-40,51H,7-8,11,18-36H2,1-5H3,(H,57,58)(H,59,60,61)(H,62,63,64). The molecule has 22 heteroatoms. The fourth-order valence-corrected chi connectivity index (χ4v) is 9.93. The summed E-state index contributed by atoms with van der Waals surface area (Å²) in [6.07, 6.45) is 13.3. The highest BCUT2D eigenvalue weighted by Gasteiger charge is 2.44. The second-order valence-corrected chi connectivity index (χ2v) is 21.1. The lowest BCUT2D eigenvalue weighted by molar-refractivity contribution is -0.137. The number of nitrogens with zero attached hydrogens (tertiary/aromatic N) is 2. The molecule has 0 bridgehead atoms. The van der Waals surface area contributed by atoms with Crippen molar-refractivity contribution in [1.29, 1.82) is 0 Å². The highest BCUT2D eigenvalue weighted by molar-refractivity contribution is 7.86. The first kappa shape index (κ1) is 61.9. The van der Waals surface area contributed by atoms with Gasteiger partial charge in [0.2, 0.25) is 0 Å². The molecule has 3 N–H and O–H groups in total. The molecule has 2 aliphatic heterocycles. The Morgan fingerprint density at radius 3 is 1.91 bits per heavy atom. The van der Waals surface area contributed by atoms with E-state index in [1.807, 2.05) is 49.1 Å². The maximum absolute atomic E-state index is 12.4. The van der Waals surface area contributed by atoms with E-state index in [1.165, 1.54) is 18.2 Å². The number of methoxy groups -OCH3 is 3. The van der Waals surface area contributed by atoms with Gasteiger partial charge < -0.3 is 62.3 Å². The van der Waals surface area contributed by atoms with Gasteiger partial charge in [-0.3, -0.25) is 13.9 Å². The van der Waals surface area contributed by atoms with E-state index < -0.39 is 43.5 Å². The Balaban J connectivity index is 1.44. The fourth-order valence-electron chi connectivity index (χ4n) is 8.93. The molecule has 2 unspecified atom stereocenters. The van der Waals surface area contributed by atoms with Gasteiger partial charge in [0.25, 0.3) is 20.2 Å². The van der Waals surface area contributed by atoms with Gasteiger partial charge in [-0.1, -0.05) is 18.2 Å². The summed E-state index contributed by atoms with van der Waals surface area (Å²) in [5, 5.41) is 9.60. The Bertz CT molecular complexity index is 2590. The first-order valence-corrected chi connectivity index (χ1v) is 28.4. The van der Waals surface area contributed by atoms with E-state index in [0.717, 1.165) is 28.0 Å². The number of rotatable bonds is 38. The fraction of sp³-hybridized carbons (Fsp3) is 0.537. The van der Waals surface area contributed by atoms with Crippen molar-refractivity contribution in [3.63, 3.8) is 0 Å². The first-order valence-electron chi connectivity index (χ1n) is 25.3. The normalized spacial score (nSPS) is 18.0. The van der Waals surface area contributed by atoms with Gasteiger partial charge in [0.15, 0.2) is 0 Å². The van der Waals surface area contributed by atoms with E-state index in [4.69, 9.17) is 47.4 Å². The van der Waals surface area contributed by atoms with Crippen LogP contribution >= 0.6 is 0 Å². The van der Waals surface area contributed by atoms with Crippen molar-refractivity contribution in [2.45, 2.75) is 55.9 Å². The zero-order valence-electron chi connectivity index (χ0n) is 44.3. The number of carboxylic acid groups (broad SMARTS) is 1. The molecule has 0 saturated heterocycles. The van der Waals surface area contributed by atoms with E-state index in [0.29, 0.717) is 134 Å². The molecule has 0 aromatic heterocycles. The molecular weight excluding hydrogens is 1030 g/mol. The van der Waals surface area contributed by atoms with Gasteiger partial charge in [-0.2, -0.15) is 16.8 Å². The number of aliphatic carboxylic acids is 1. The van der Waals surface area contributed by atoms with Gasteiger partial charge in [-0.25, -0.2) is 0 Å². The van der Waals surface area contributed by atoms with Crippen LogP contribution in [0.4, 0.5) is 5.69 Å². The number of anilines is 1. The average molecular weight is 1110 g/mol. The van der Waals surface area contributed by atoms with Crippen molar-refractivity contribution >= 4 is 37.5 Å². The van der Waals surface area contributed by atoms with Crippen LogP contribution in [0.5, 0.6) is 5.75 Å². The number of carboxylic acids is 1. The van der Waals surface area contributed by atoms with Gasteiger partial charge in [-0.05, 0) is 116 Å². The molecule has 0 fully saturated rings. The molecule has 76 heavy (non-hydrogen) atoms. The summed E-state index contributed by atoms with van der Waals surface area (Å²) in [6, 6.07) is 10.0. The van der Waals surface area contributed by atoms with Crippen LogP contribution < -0.4 is 9.64 Å². The van der Waals surface area contributed by atoms with Crippen LogP contribution in [-0.2, 0) is 73.1 Å². The summed E-state index contributed by atoms with van der Waals surface area (Å²) >= 11 is 0. The lowest BCUT2D eigenvalue weighted by atomic mass is 9.77. The Morgan fingerprint density at radius 2 is 1.37 bits per heavy atom. The topological polar surface area (TPSA) is 245 Å². The van der Waals surface area contributed by atoms with E-state index in [1.54, 1.807) is 33.5 Å². The van der Waals surface area contributed by atoms with Gasteiger partial charge in [0, 0.05) is 68.3 Å². The van der Waals surface area contributed by atoms with E-state index >= 15 is 0 Å². The molecule has 2 aromatic rings. The quantitative estimate of drug-likeness (QED) is 0.0502. The monoisotopic (exact) mass is 1100 g/mol. The second kappa shape index (κ2) is 31.5. The van der Waals surface area contributed by atoms with E-state index in [-0.39, 0.29) is 37.1 Å².